The van der Waals surface area contributed by atoms with Crippen LogP contribution in [0.25, 0.3) is 22.5 Å². The summed E-state index contributed by atoms with van der Waals surface area (Å²) in [6.45, 7) is 2.69. The fourth-order valence-electron chi connectivity index (χ4n) is 6.03. The number of β-amino-alcohol motifs (C(OH)–C–C–N with tert-alkyl or cyclic N) is 1. The highest BCUT2D eigenvalue weighted by atomic mass is 16.3. The van der Waals surface area contributed by atoms with Crippen LogP contribution in [-0.4, -0.2) is 57.2 Å². The lowest BCUT2D eigenvalue weighted by Crippen LogP contribution is -2.50. The molecule has 1 spiro atoms. The van der Waals surface area contributed by atoms with Crippen LogP contribution in [-0.2, 0) is 25.7 Å². The Balaban J connectivity index is 1.13. The van der Waals surface area contributed by atoms with E-state index in [-0.39, 0.29) is 17.6 Å². The molecule has 1 saturated heterocycles. The molecule has 0 unspecified atom stereocenters. The van der Waals surface area contributed by atoms with Crippen molar-refractivity contribution >= 4 is 5.91 Å². The largest absolute Gasteiger partial charge is 0.390 e. The van der Waals surface area contributed by atoms with Gasteiger partial charge in [0.25, 0.3) is 5.91 Å². The summed E-state index contributed by atoms with van der Waals surface area (Å²) in [6, 6.07) is 11.0. The molecule has 6 nitrogen and oxygen atoms in total. The molecule has 2 fully saturated rings. The number of rotatable bonds is 5. The summed E-state index contributed by atoms with van der Waals surface area (Å²) in [5, 5.41) is 12.7. The molecule has 6 heteroatoms. The number of aromatic nitrogens is 2. The third kappa shape index (κ3) is 3.39. The second-order valence-electron chi connectivity index (χ2n) is 10.7. The van der Waals surface area contributed by atoms with Gasteiger partial charge in [0.15, 0.2) is 0 Å². The first-order chi connectivity index (χ1) is 16.6. The average Bonchev–Trinajstić information content (AvgIpc) is 3.44. The first-order valence-corrected chi connectivity index (χ1v) is 12.6. The second kappa shape index (κ2) is 7.52. The highest BCUT2D eigenvalue weighted by Gasteiger charge is 2.49. The number of nitrogens with zero attached hydrogens (tertiary/aromatic N) is 2. The molecular formula is C28H30N4O2. The van der Waals surface area contributed by atoms with Crippen molar-refractivity contribution in [3.05, 3.63) is 64.5 Å². The van der Waals surface area contributed by atoms with E-state index in [0.717, 1.165) is 92.8 Å². The zero-order chi connectivity index (χ0) is 22.9. The third-order valence-electron chi connectivity index (χ3n) is 8.18. The van der Waals surface area contributed by atoms with E-state index in [1.165, 1.54) is 22.3 Å². The lowest BCUT2D eigenvalue weighted by Gasteiger charge is -2.35. The van der Waals surface area contributed by atoms with Crippen LogP contribution in [0, 0.1) is 0 Å². The average molecular weight is 455 g/mol. The maximum atomic E-state index is 12.9. The molecule has 1 amide bonds. The number of H-pyrrole nitrogens is 1. The number of nitrogens with one attached hydrogen (secondary N) is 2. The van der Waals surface area contributed by atoms with E-state index in [0.29, 0.717) is 0 Å². The lowest BCUT2D eigenvalue weighted by atomic mass is 9.87. The summed E-state index contributed by atoms with van der Waals surface area (Å²) in [5.74, 6) is 0.106. The predicted octanol–water partition coefficient (Wildman–Crippen LogP) is 3.27. The van der Waals surface area contributed by atoms with E-state index >= 15 is 0 Å². The third-order valence-corrected chi connectivity index (χ3v) is 8.18. The predicted molar refractivity (Wildman–Crippen MR) is 131 cm³/mol. The molecule has 34 heavy (non-hydrogen) atoms. The number of benzene rings is 1. The Morgan fingerprint density at radius 3 is 2.74 bits per heavy atom. The van der Waals surface area contributed by atoms with E-state index in [4.69, 9.17) is 4.98 Å². The van der Waals surface area contributed by atoms with E-state index in [2.05, 4.69) is 45.5 Å². The highest BCUT2D eigenvalue weighted by Crippen LogP contribution is 2.45. The number of aryl methyl sites for hydroxylation is 2. The van der Waals surface area contributed by atoms with Crippen molar-refractivity contribution in [1.29, 1.82) is 0 Å². The van der Waals surface area contributed by atoms with Crippen LogP contribution in [0.15, 0.2) is 36.5 Å². The standard InChI is InChI=1S/C28H30N4O2/c33-20-15-32(16-20)11-1-2-17-3-5-18(6-4-17)23-12-22-19(14-29-23)7-8-21-25-24(30-26(21)22)13-28(9-10-28)31-27(25)34/h3-6,12,14,20,30,33H,1-2,7-11,13,15-16H2,(H,31,34). The quantitative estimate of drug-likeness (QED) is 0.553. The summed E-state index contributed by atoms with van der Waals surface area (Å²) in [7, 11) is 0. The van der Waals surface area contributed by atoms with Gasteiger partial charge in [-0.1, -0.05) is 24.3 Å². The number of aliphatic hydroxyl groups excluding tert-OH is 1. The molecule has 7 rings (SSSR count). The van der Waals surface area contributed by atoms with Gasteiger partial charge in [0.05, 0.1) is 23.1 Å². The number of fused-ring (bicyclic) bond motifs is 5. The van der Waals surface area contributed by atoms with E-state index < -0.39 is 0 Å². The molecular weight excluding hydrogens is 424 g/mol. The Morgan fingerprint density at radius 2 is 1.97 bits per heavy atom. The van der Waals surface area contributed by atoms with Gasteiger partial charge in [-0.15, -0.1) is 0 Å². The molecule has 0 atom stereocenters. The number of aromatic amines is 1. The Hall–Kier alpha value is -2.96. The Morgan fingerprint density at radius 1 is 1.15 bits per heavy atom. The monoisotopic (exact) mass is 454 g/mol. The Bertz CT molecular complexity index is 1280. The van der Waals surface area contributed by atoms with Crippen molar-refractivity contribution in [3.8, 4) is 22.5 Å². The van der Waals surface area contributed by atoms with E-state index in [9.17, 15) is 9.90 Å². The topological polar surface area (TPSA) is 81.2 Å². The zero-order valence-electron chi connectivity index (χ0n) is 19.4. The highest BCUT2D eigenvalue weighted by molar-refractivity contribution is 6.01. The smallest absolute Gasteiger partial charge is 0.253 e. The molecule has 2 aromatic heterocycles. The van der Waals surface area contributed by atoms with Gasteiger partial charge in [-0.25, -0.2) is 0 Å². The molecule has 4 aliphatic rings. The van der Waals surface area contributed by atoms with Gasteiger partial charge in [0.1, 0.15) is 0 Å². The molecule has 174 valence electrons. The zero-order valence-corrected chi connectivity index (χ0v) is 19.4. The van der Waals surface area contributed by atoms with Gasteiger partial charge >= 0.3 is 0 Å². The van der Waals surface area contributed by atoms with Gasteiger partial charge in [-0.05, 0) is 67.8 Å². The Kier molecular flexibility index (Phi) is 4.52. The van der Waals surface area contributed by atoms with Gasteiger partial charge in [0, 0.05) is 48.1 Å². The van der Waals surface area contributed by atoms with E-state index in [1.54, 1.807) is 0 Å². The van der Waals surface area contributed by atoms with Crippen molar-refractivity contribution in [2.24, 2.45) is 0 Å². The van der Waals surface area contributed by atoms with Crippen LogP contribution in [0.4, 0.5) is 0 Å². The van der Waals surface area contributed by atoms with Crippen LogP contribution >= 0.6 is 0 Å². The maximum Gasteiger partial charge on any atom is 0.253 e. The molecule has 4 heterocycles. The summed E-state index contributed by atoms with van der Waals surface area (Å²) >= 11 is 0. The Labute approximate surface area is 199 Å². The van der Waals surface area contributed by atoms with Gasteiger partial charge in [0.2, 0.25) is 0 Å². The number of hydrogen-bond donors (Lipinski definition) is 3. The van der Waals surface area contributed by atoms with Crippen LogP contribution in [0.2, 0.25) is 0 Å². The molecule has 0 radical (unpaired) electrons. The first-order valence-electron chi connectivity index (χ1n) is 12.6. The first kappa shape index (κ1) is 20.4. The number of hydrogen-bond acceptors (Lipinski definition) is 4. The summed E-state index contributed by atoms with van der Waals surface area (Å²) in [5.41, 5.74) is 10.2. The summed E-state index contributed by atoms with van der Waals surface area (Å²) in [4.78, 5) is 23.6. The summed E-state index contributed by atoms with van der Waals surface area (Å²) in [6.07, 6.45) is 8.96. The van der Waals surface area contributed by atoms with Gasteiger partial charge < -0.3 is 15.4 Å². The lowest BCUT2D eigenvalue weighted by molar-refractivity contribution is 0.00188. The SMILES string of the molecule is O=C1NC2(CC2)Cc2[nH]c3c(c21)CCc1cnc(-c2ccc(CCCN4CC(O)C4)cc2)cc1-3. The van der Waals surface area contributed by atoms with Crippen molar-refractivity contribution in [1.82, 2.24) is 20.2 Å². The van der Waals surface area contributed by atoms with Gasteiger partial charge in [-0.3, -0.25) is 14.7 Å². The number of likely N-dealkylation sites (tertiary alicyclic amines) is 1. The molecule has 0 bridgehead atoms. The molecule has 2 aliphatic carbocycles. The number of aliphatic hydroxyl groups is 1. The van der Waals surface area contributed by atoms with Crippen LogP contribution < -0.4 is 5.32 Å². The number of pyridine rings is 1. The van der Waals surface area contributed by atoms with Crippen molar-refractivity contribution < 1.29 is 9.90 Å². The fourth-order valence-corrected chi connectivity index (χ4v) is 6.03. The minimum Gasteiger partial charge on any atom is -0.390 e. The van der Waals surface area contributed by atoms with Gasteiger partial charge in [-0.2, -0.15) is 0 Å². The van der Waals surface area contributed by atoms with Crippen molar-refractivity contribution in [2.75, 3.05) is 19.6 Å². The summed E-state index contributed by atoms with van der Waals surface area (Å²) < 4.78 is 0. The fraction of sp³-hybridized carbons (Fsp3) is 0.429. The minimum atomic E-state index is -0.122. The number of amides is 1. The molecule has 2 aliphatic heterocycles. The number of carbonyl (C=O) groups excluding carboxylic acids is 1. The number of carbonyl (C=O) groups is 1. The van der Waals surface area contributed by atoms with Crippen LogP contribution in [0.5, 0.6) is 0 Å². The van der Waals surface area contributed by atoms with Crippen LogP contribution in [0.3, 0.4) is 0 Å². The minimum absolute atomic E-state index is 0.0159. The van der Waals surface area contributed by atoms with Crippen molar-refractivity contribution in [3.63, 3.8) is 0 Å². The van der Waals surface area contributed by atoms with Crippen molar-refractivity contribution in [2.45, 2.75) is 56.6 Å². The molecule has 3 N–H and O–H groups in total. The molecule has 1 saturated carbocycles. The normalized spacial score (nSPS) is 20.3. The molecule has 3 aromatic rings. The molecule has 1 aromatic carbocycles. The van der Waals surface area contributed by atoms with Crippen LogP contribution in [0.1, 0.15) is 52.0 Å². The van der Waals surface area contributed by atoms with E-state index in [1.807, 2.05) is 6.20 Å². The maximum absolute atomic E-state index is 12.9. The second-order valence-corrected chi connectivity index (χ2v) is 10.7.